The monoisotopic (exact) mass is 275 g/mol. The van der Waals surface area contributed by atoms with Crippen molar-refractivity contribution in [1.82, 2.24) is 14.5 Å². The number of aryl methyl sites for hydroxylation is 2. The molecular formula is C15H21N3S. The molecule has 3 nitrogen and oxygen atoms in total. The van der Waals surface area contributed by atoms with Crippen LogP contribution in [0.15, 0.2) is 12.1 Å². The summed E-state index contributed by atoms with van der Waals surface area (Å²) in [5.41, 5.74) is 3.11. The molecule has 4 heteroatoms. The van der Waals surface area contributed by atoms with E-state index in [9.17, 15) is 0 Å². The first-order chi connectivity index (χ1) is 9.24. The Labute approximate surface area is 119 Å². The van der Waals surface area contributed by atoms with Crippen LogP contribution in [0.1, 0.15) is 44.2 Å². The number of imidazole rings is 1. The molecule has 0 unspecified atom stereocenters. The Morgan fingerprint density at radius 3 is 2.95 bits per heavy atom. The molecule has 2 aromatic rings. The van der Waals surface area contributed by atoms with E-state index in [0.29, 0.717) is 0 Å². The van der Waals surface area contributed by atoms with Crippen LogP contribution in [0.3, 0.4) is 0 Å². The summed E-state index contributed by atoms with van der Waals surface area (Å²) in [4.78, 5) is 7.86. The zero-order valence-electron chi connectivity index (χ0n) is 11.5. The second kappa shape index (κ2) is 5.45. The number of H-pyrrole nitrogens is 1. The first-order valence-electron chi connectivity index (χ1n) is 7.30. The molecule has 0 atom stereocenters. The van der Waals surface area contributed by atoms with Crippen molar-refractivity contribution in [1.29, 1.82) is 0 Å². The van der Waals surface area contributed by atoms with Crippen molar-refractivity contribution in [2.45, 2.75) is 52.0 Å². The zero-order chi connectivity index (χ0) is 13.2. The Morgan fingerprint density at radius 1 is 1.37 bits per heavy atom. The quantitative estimate of drug-likeness (QED) is 0.840. The standard InChI is InChI=1S/C15H21N3S/c1-11-8-9-13-14(16-11)18(15(19)17-13)10-4-7-12-5-2-3-6-12/h8-9,12H,2-7,10H2,1H3,(H,17,19). The molecule has 1 saturated carbocycles. The maximum Gasteiger partial charge on any atom is 0.179 e. The lowest BCUT2D eigenvalue weighted by molar-refractivity contribution is 0.459. The fourth-order valence-electron chi connectivity index (χ4n) is 3.17. The van der Waals surface area contributed by atoms with Crippen molar-refractivity contribution in [2.75, 3.05) is 0 Å². The second-order valence-electron chi connectivity index (χ2n) is 5.70. The van der Waals surface area contributed by atoms with Crippen molar-refractivity contribution in [3.8, 4) is 0 Å². The fraction of sp³-hybridized carbons (Fsp3) is 0.600. The minimum absolute atomic E-state index is 0.805. The van der Waals surface area contributed by atoms with E-state index in [1.54, 1.807) is 0 Å². The van der Waals surface area contributed by atoms with Gasteiger partial charge in [-0.2, -0.15) is 0 Å². The SMILES string of the molecule is Cc1ccc2[nH]c(=S)n(CCCC3CCCC3)c2n1. The number of hydrogen-bond donors (Lipinski definition) is 1. The van der Waals surface area contributed by atoms with Gasteiger partial charge < -0.3 is 9.55 Å². The number of nitrogens with zero attached hydrogens (tertiary/aromatic N) is 2. The largest absolute Gasteiger partial charge is 0.329 e. The van der Waals surface area contributed by atoms with Gasteiger partial charge in [0.05, 0.1) is 5.52 Å². The van der Waals surface area contributed by atoms with Gasteiger partial charge in [0, 0.05) is 12.2 Å². The number of fused-ring (bicyclic) bond motifs is 1. The Morgan fingerprint density at radius 2 is 2.16 bits per heavy atom. The van der Waals surface area contributed by atoms with Crippen molar-refractivity contribution in [3.05, 3.63) is 22.6 Å². The molecular weight excluding hydrogens is 254 g/mol. The Kier molecular flexibility index (Phi) is 3.69. The predicted octanol–water partition coefficient (Wildman–Crippen LogP) is 4.37. The number of pyridine rings is 1. The summed E-state index contributed by atoms with van der Waals surface area (Å²) in [5.74, 6) is 0.953. The molecule has 0 radical (unpaired) electrons. The Bertz CT molecular complexity index is 620. The lowest BCUT2D eigenvalue weighted by Crippen LogP contribution is -2.02. The molecule has 1 aliphatic carbocycles. The third kappa shape index (κ3) is 2.73. The molecule has 102 valence electrons. The van der Waals surface area contributed by atoms with Gasteiger partial charge in [0.25, 0.3) is 0 Å². The molecule has 0 spiro atoms. The average Bonchev–Trinajstić information content (AvgIpc) is 2.99. The van der Waals surface area contributed by atoms with Crippen LogP contribution in [-0.2, 0) is 6.54 Å². The lowest BCUT2D eigenvalue weighted by Gasteiger charge is -2.09. The number of hydrogen-bond acceptors (Lipinski definition) is 2. The van der Waals surface area contributed by atoms with Crippen LogP contribution < -0.4 is 0 Å². The van der Waals surface area contributed by atoms with E-state index in [1.165, 1.54) is 38.5 Å². The second-order valence-corrected chi connectivity index (χ2v) is 6.08. The summed E-state index contributed by atoms with van der Waals surface area (Å²) < 4.78 is 2.96. The number of rotatable bonds is 4. The molecule has 1 fully saturated rings. The van der Waals surface area contributed by atoms with Gasteiger partial charge in [-0.15, -0.1) is 0 Å². The zero-order valence-corrected chi connectivity index (χ0v) is 12.3. The summed E-state index contributed by atoms with van der Waals surface area (Å²) in [6, 6.07) is 4.09. The van der Waals surface area contributed by atoms with Crippen LogP contribution in [0.2, 0.25) is 0 Å². The van der Waals surface area contributed by atoms with Crippen molar-refractivity contribution >= 4 is 23.4 Å². The minimum Gasteiger partial charge on any atom is -0.329 e. The van der Waals surface area contributed by atoms with Gasteiger partial charge in [-0.05, 0) is 50.0 Å². The molecule has 1 N–H and O–H groups in total. The lowest BCUT2D eigenvalue weighted by atomic mass is 10.0. The smallest absolute Gasteiger partial charge is 0.179 e. The first-order valence-corrected chi connectivity index (χ1v) is 7.71. The van der Waals surface area contributed by atoms with E-state index in [-0.39, 0.29) is 0 Å². The molecule has 0 aromatic carbocycles. The number of aromatic nitrogens is 3. The van der Waals surface area contributed by atoms with Gasteiger partial charge in [0.1, 0.15) is 0 Å². The van der Waals surface area contributed by atoms with Gasteiger partial charge >= 0.3 is 0 Å². The summed E-state index contributed by atoms with van der Waals surface area (Å²) in [5, 5.41) is 0. The van der Waals surface area contributed by atoms with Crippen LogP contribution >= 0.6 is 12.2 Å². The highest BCUT2D eigenvalue weighted by Crippen LogP contribution is 2.28. The summed E-state index contributed by atoms with van der Waals surface area (Å²) in [7, 11) is 0. The van der Waals surface area contributed by atoms with Crippen molar-refractivity contribution < 1.29 is 0 Å². The third-order valence-corrected chi connectivity index (χ3v) is 4.55. The maximum absolute atomic E-state index is 5.41. The molecule has 0 aliphatic heterocycles. The maximum atomic E-state index is 5.41. The molecule has 0 bridgehead atoms. The molecule has 19 heavy (non-hydrogen) atoms. The fourth-order valence-corrected chi connectivity index (χ4v) is 3.46. The molecule has 0 saturated heterocycles. The molecule has 1 aliphatic rings. The summed E-state index contributed by atoms with van der Waals surface area (Å²) in [6.07, 6.45) is 8.25. The topological polar surface area (TPSA) is 33.6 Å². The molecule has 0 amide bonds. The van der Waals surface area contributed by atoms with Crippen molar-refractivity contribution in [2.24, 2.45) is 5.92 Å². The first kappa shape index (κ1) is 12.9. The van der Waals surface area contributed by atoms with Gasteiger partial charge in [-0.1, -0.05) is 25.7 Å². The average molecular weight is 275 g/mol. The van der Waals surface area contributed by atoms with E-state index < -0.39 is 0 Å². The van der Waals surface area contributed by atoms with Gasteiger partial charge in [-0.25, -0.2) is 4.98 Å². The third-order valence-electron chi connectivity index (χ3n) is 4.23. The Balaban J connectivity index is 1.74. The van der Waals surface area contributed by atoms with Crippen LogP contribution in [0.25, 0.3) is 11.2 Å². The normalized spacial score (nSPS) is 16.5. The van der Waals surface area contributed by atoms with E-state index in [2.05, 4.69) is 20.6 Å². The minimum atomic E-state index is 0.805. The van der Waals surface area contributed by atoms with Gasteiger partial charge in [0.15, 0.2) is 10.4 Å². The van der Waals surface area contributed by atoms with E-state index >= 15 is 0 Å². The summed E-state index contributed by atoms with van der Waals surface area (Å²) in [6.45, 7) is 3.02. The highest BCUT2D eigenvalue weighted by Gasteiger charge is 2.14. The number of nitrogens with one attached hydrogen (secondary N) is 1. The number of aromatic amines is 1. The molecule has 2 heterocycles. The highest BCUT2D eigenvalue weighted by molar-refractivity contribution is 7.71. The highest BCUT2D eigenvalue weighted by atomic mass is 32.1. The van der Waals surface area contributed by atoms with Crippen LogP contribution in [-0.4, -0.2) is 14.5 Å². The van der Waals surface area contributed by atoms with Gasteiger partial charge in [-0.3, -0.25) is 0 Å². The summed E-state index contributed by atoms with van der Waals surface area (Å²) >= 11 is 5.41. The Hall–Kier alpha value is -1.16. The predicted molar refractivity (Wildman–Crippen MR) is 80.8 cm³/mol. The molecule has 3 rings (SSSR count). The molecule has 2 aromatic heterocycles. The van der Waals surface area contributed by atoms with Gasteiger partial charge in [0.2, 0.25) is 0 Å². The van der Waals surface area contributed by atoms with Crippen LogP contribution in [0, 0.1) is 17.6 Å². The van der Waals surface area contributed by atoms with Crippen LogP contribution in [0.5, 0.6) is 0 Å². The van der Waals surface area contributed by atoms with Crippen LogP contribution in [0.4, 0.5) is 0 Å². The van der Waals surface area contributed by atoms with E-state index in [0.717, 1.165) is 34.1 Å². The van der Waals surface area contributed by atoms with E-state index in [4.69, 9.17) is 12.2 Å². The van der Waals surface area contributed by atoms with E-state index in [1.807, 2.05) is 13.0 Å². The van der Waals surface area contributed by atoms with Crippen molar-refractivity contribution in [3.63, 3.8) is 0 Å².